The number of hydrogen-bond acceptors (Lipinski definition) is 6. The second-order valence-corrected chi connectivity index (χ2v) is 4.56. The minimum Gasteiger partial charge on any atom is -0.497 e. The van der Waals surface area contributed by atoms with Crippen LogP contribution in [0.25, 0.3) is 6.08 Å². The standard InChI is InChI=1S/C17H20O6/c1-12(2)17(19)23-8-7-22-16(18)6-5-13-9-14(20-3)11-15(10-13)21-4/h5-6,9-11H,1,7-8H2,2-4H3/b6-5+. The van der Waals surface area contributed by atoms with Crippen molar-refractivity contribution >= 4 is 18.0 Å². The zero-order chi connectivity index (χ0) is 17.2. The molecule has 0 aliphatic rings. The van der Waals surface area contributed by atoms with Gasteiger partial charge in [0, 0.05) is 17.7 Å². The second kappa shape index (κ2) is 9.30. The molecule has 0 saturated heterocycles. The van der Waals surface area contributed by atoms with Crippen molar-refractivity contribution in [2.45, 2.75) is 6.92 Å². The summed E-state index contributed by atoms with van der Waals surface area (Å²) in [5.41, 5.74) is 1.02. The fourth-order valence-electron chi connectivity index (χ4n) is 1.54. The summed E-state index contributed by atoms with van der Waals surface area (Å²) in [6, 6.07) is 5.23. The summed E-state index contributed by atoms with van der Waals surface area (Å²) in [6.45, 7) is 4.95. The van der Waals surface area contributed by atoms with Crippen LogP contribution in [-0.2, 0) is 19.1 Å². The highest BCUT2D eigenvalue weighted by atomic mass is 16.6. The molecule has 0 aromatic heterocycles. The number of esters is 2. The van der Waals surface area contributed by atoms with Crippen molar-refractivity contribution in [2.24, 2.45) is 0 Å². The molecule has 6 heteroatoms. The van der Waals surface area contributed by atoms with Gasteiger partial charge in [-0.15, -0.1) is 0 Å². The Kier molecular flexibility index (Phi) is 7.39. The number of hydrogen-bond donors (Lipinski definition) is 0. The molecule has 0 amide bonds. The van der Waals surface area contributed by atoms with E-state index in [0.29, 0.717) is 17.1 Å². The van der Waals surface area contributed by atoms with E-state index in [2.05, 4.69) is 6.58 Å². The van der Waals surface area contributed by atoms with Crippen molar-refractivity contribution in [3.63, 3.8) is 0 Å². The number of methoxy groups -OCH3 is 2. The van der Waals surface area contributed by atoms with Crippen LogP contribution >= 0.6 is 0 Å². The molecule has 0 heterocycles. The van der Waals surface area contributed by atoms with Crippen LogP contribution in [0.15, 0.2) is 36.4 Å². The van der Waals surface area contributed by atoms with Crippen molar-refractivity contribution in [2.75, 3.05) is 27.4 Å². The van der Waals surface area contributed by atoms with Crippen LogP contribution in [0.1, 0.15) is 12.5 Å². The average molecular weight is 320 g/mol. The van der Waals surface area contributed by atoms with Crippen LogP contribution in [0.3, 0.4) is 0 Å². The van der Waals surface area contributed by atoms with E-state index >= 15 is 0 Å². The molecular weight excluding hydrogens is 300 g/mol. The third-order valence-corrected chi connectivity index (χ3v) is 2.69. The second-order valence-electron chi connectivity index (χ2n) is 4.56. The quantitative estimate of drug-likeness (QED) is 0.416. The van der Waals surface area contributed by atoms with E-state index < -0.39 is 11.9 Å². The Hall–Kier alpha value is -2.76. The minimum absolute atomic E-state index is 0.0156. The molecular formula is C17H20O6. The first-order valence-corrected chi connectivity index (χ1v) is 6.86. The van der Waals surface area contributed by atoms with Crippen molar-refractivity contribution < 1.29 is 28.5 Å². The molecule has 0 unspecified atom stereocenters. The lowest BCUT2D eigenvalue weighted by molar-refractivity contribution is -0.146. The molecule has 0 N–H and O–H groups in total. The van der Waals surface area contributed by atoms with Gasteiger partial charge in [-0.2, -0.15) is 0 Å². The van der Waals surface area contributed by atoms with Gasteiger partial charge in [-0.25, -0.2) is 9.59 Å². The van der Waals surface area contributed by atoms with Gasteiger partial charge in [0.05, 0.1) is 14.2 Å². The number of ether oxygens (including phenoxy) is 4. The lowest BCUT2D eigenvalue weighted by atomic mass is 10.2. The number of carbonyl (C=O) groups excluding carboxylic acids is 2. The van der Waals surface area contributed by atoms with Crippen LogP contribution in [0.5, 0.6) is 11.5 Å². The van der Waals surface area contributed by atoms with Gasteiger partial charge in [0.25, 0.3) is 0 Å². The maximum Gasteiger partial charge on any atom is 0.333 e. The molecule has 23 heavy (non-hydrogen) atoms. The van der Waals surface area contributed by atoms with Gasteiger partial charge >= 0.3 is 11.9 Å². The van der Waals surface area contributed by atoms with E-state index in [1.54, 1.807) is 45.4 Å². The Morgan fingerprint density at radius 3 is 2.13 bits per heavy atom. The third-order valence-electron chi connectivity index (χ3n) is 2.69. The summed E-state index contributed by atoms with van der Waals surface area (Å²) in [4.78, 5) is 22.7. The Balaban J connectivity index is 2.49. The molecule has 0 radical (unpaired) electrons. The average Bonchev–Trinajstić information content (AvgIpc) is 2.55. The van der Waals surface area contributed by atoms with Gasteiger partial charge in [-0.3, -0.25) is 0 Å². The van der Waals surface area contributed by atoms with E-state index in [-0.39, 0.29) is 13.2 Å². The molecule has 0 fully saturated rings. The summed E-state index contributed by atoms with van der Waals surface area (Å²) in [7, 11) is 3.09. The zero-order valence-corrected chi connectivity index (χ0v) is 13.5. The van der Waals surface area contributed by atoms with E-state index in [9.17, 15) is 9.59 Å². The Morgan fingerprint density at radius 2 is 1.61 bits per heavy atom. The molecule has 0 atom stereocenters. The molecule has 0 saturated carbocycles. The summed E-state index contributed by atoms with van der Waals surface area (Å²) in [5.74, 6) is 0.173. The maximum absolute atomic E-state index is 11.6. The first-order valence-electron chi connectivity index (χ1n) is 6.86. The first kappa shape index (κ1) is 18.3. The van der Waals surface area contributed by atoms with Gasteiger partial charge in [-0.05, 0) is 30.7 Å². The minimum atomic E-state index is -0.543. The van der Waals surface area contributed by atoms with Crippen LogP contribution in [0.4, 0.5) is 0 Å². The predicted molar refractivity (Wildman–Crippen MR) is 85.3 cm³/mol. The van der Waals surface area contributed by atoms with Gasteiger partial charge in [0.1, 0.15) is 24.7 Å². The number of benzene rings is 1. The molecule has 0 aliphatic heterocycles. The van der Waals surface area contributed by atoms with Gasteiger partial charge in [0.2, 0.25) is 0 Å². The molecule has 1 aromatic carbocycles. The van der Waals surface area contributed by atoms with Crippen molar-refractivity contribution in [1.29, 1.82) is 0 Å². The molecule has 6 nitrogen and oxygen atoms in total. The van der Waals surface area contributed by atoms with E-state index in [0.717, 1.165) is 5.56 Å². The van der Waals surface area contributed by atoms with Crippen LogP contribution in [-0.4, -0.2) is 39.4 Å². The largest absolute Gasteiger partial charge is 0.497 e. The highest BCUT2D eigenvalue weighted by molar-refractivity contribution is 5.87. The molecule has 1 aromatic rings. The third kappa shape index (κ3) is 6.69. The molecule has 0 spiro atoms. The molecule has 0 bridgehead atoms. The van der Waals surface area contributed by atoms with Crippen molar-refractivity contribution in [1.82, 2.24) is 0 Å². The fraction of sp³-hybridized carbons (Fsp3) is 0.294. The highest BCUT2D eigenvalue weighted by Crippen LogP contribution is 2.23. The Bertz CT molecular complexity index is 581. The summed E-state index contributed by atoms with van der Waals surface area (Å²) < 4.78 is 20.0. The Labute approximate surface area is 135 Å². The molecule has 1 rings (SSSR count). The normalized spacial score (nSPS) is 10.2. The van der Waals surface area contributed by atoms with E-state index in [1.165, 1.54) is 6.08 Å². The first-order chi connectivity index (χ1) is 11.0. The smallest absolute Gasteiger partial charge is 0.333 e. The van der Waals surface area contributed by atoms with E-state index in [1.807, 2.05) is 0 Å². The van der Waals surface area contributed by atoms with Crippen molar-refractivity contribution in [3.8, 4) is 11.5 Å². The van der Waals surface area contributed by atoms with Crippen LogP contribution in [0, 0.1) is 0 Å². The van der Waals surface area contributed by atoms with E-state index in [4.69, 9.17) is 18.9 Å². The predicted octanol–water partition coefficient (Wildman–Crippen LogP) is 2.38. The zero-order valence-electron chi connectivity index (χ0n) is 13.5. The van der Waals surface area contributed by atoms with Gasteiger partial charge in [-0.1, -0.05) is 6.58 Å². The SMILES string of the molecule is C=C(C)C(=O)OCCOC(=O)/C=C/c1cc(OC)cc(OC)c1. The number of carbonyl (C=O) groups is 2. The fourth-order valence-corrected chi connectivity index (χ4v) is 1.54. The topological polar surface area (TPSA) is 71.1 Å². The molecule has 0 aliphatic carbocycles. The highest BCUT2D eigenvalue weighted by Gasteiger charge is 2.04. The Morgan fingerprint density at radius 1 is 1.04 bits per heavy atom. The molecule has 124 valence electrons. The monoisotopic (exact) mass is 320 g/mol. The maximum atomic E-state index is 11.6. The summed E-state index contributed by atoms with van der Waals surface area (Å²) in [6.07, 6.45) is 2.85. The summed E-state index contributed by atoms with van der Waals surface area (Å²) in [5, 5.41) is 0. The lowest BCUT2D eigenvalue weighted by Crippen LogP contribution is -2.12. The van der Waals surface area contributed by atoms with Crippen molar-refractivity contribution in [3.05, 3.63) is 42.0 Å². The lowest BCUT2D eigenvalue weighted by Gasteiger charge is -2.06. The van der Waals surface area contributed by atoms with Gasteiger partial charge in [0.15, 0.2) is 0 Å². The van der Waals surface area contributed by atoms with Crippen LogP contribution in [0.2, 0.25) is 0 Å². The van der Waals surface area contributed by atoms with Gasteiger partial charge < -0.3 is 18.9 Å². The summed E-state index contributed by atoms with van der Waals surface area (Å²) >= 11 is 0. The van der Waals surface area contributed by atoms with Crippen LogP contribution < -0.4 is 9.47 Å². The number of rotatable bonds is 8.